The van der Waals surface area contributed by atoms with Crippen molar-refractivity contribution >= 4 is 21.6 Å². The first-order valence-electron chi connectivity index (χ1n) is 8.67. The van der Waals surface area contributed by atoms with Gasteiger partial charge in [-0.15, -0.1) is 5.10 Å². The van der Waals surface area contributed by atoms with Crippen molar-refractivity contribution in [2.24, 2.45) is 7.05 Å². The Morgan fingerprint density at radius 3 is 2.63 bits per heavy atom. The van der Waals surface area contributed by atoms with Gasteiger partial charge in [0.2, 0.25) is 6.29 Å². The first-order valence-corrected chi connectivity index (χ1v) is 9.48. The fraction of sp³-hybridized carbons (Fsp3) is 0.333. The SMILES string of the molecule is Cc1ccc(C)n1-c1nc2cnc(-c3c(C4OCCO4)nnn3C)cc2s1. The average Bonchev–Trinajstić information content (AvgIpc) is 3.41. The summed E-state index contributed by atoms with van der Waals surface area (Å²) in [4.78, 5) is 9.36. The summed E-state index contributed by atoms with van der Waals surface area (Å²) < 4.78 is 16.1. The molecule has 8 nitrogen and oxygen atoms in total. The molecule has 0 aromatic carbocycles. The van der Waals surface area contributed by atoms with Crippen molar-refractivity contribution in [3.63, 3.8) is 0 Å². The van der Waals surface area contributed by atoms with Crippen LogP contribution in [0.1, 0.15) is 23.4 Å². The molecule has 0 radical (unpaired) electrons. The van der Waals surface area contributed by atoms with Crippen molar-refractivity contribution in [2.75, 3.05) is 13.2 Å². The number of pyridine rings is 1. The third-order valence-corrected chi connectivity index (χ3v) is 5.67. The molecule has 5 rings (SSSR count). The molecule has 1 saturated heterocycles. The lowest BCUT2D eigenvalue weighted by Gasteiger charge is -2.08. The molecular formula is C18H18N6O2S. The Labute approximate surface area is 159 Å². The zero-order valence-corrected chi connectivity index (χ0v) is 16.0. The smallest absolute Gasteiger partial charge is 0.205 e. The molecule has 0 atom stereocenters. The molecule has 0 bridgehead atoms. The van der Waals surface area contributed by atoms with Crippen molar-refractivity contribution < 1.29 is 9.47 Å². The summed E-state index contributed by atoms with van der Waals surface area (Å²) in [7, 11) is 1.84. The highest BCUT2D eigenvalue weighted by molar-refractivity contribution is 7.20. The Bertz CT molecular complexity index is 1120. The molecule has 0 unspecified atom stereocenters. The zero-order valence-electron chi connectivity index (χ0n) is 15.2. The molecule has 5 heterocycles. The fourth-order valence-electron chi connectivity index (χ4n) is 3.36. The Morgan fingerprint density at radius 2 is 1.89 bits per heavy atom. The lowest BCUT2D eigenvalue weighted by molar-refractivity contribution is -0.0469. The van der Waals surface area contributed by atoms with Crippen molar-refractivity contribution in [3.05, 3.63) is 41.5 Å². The van der Waals surface area contributed by atoms with Crippen LogP contribution in [0.2, 0.25) is 0 Å². The van der Waals surface area contributed by atoms with Gasteiger partial charge < -0.3 is 9.47 Å². The third-order valence-electron chi connectivity index (χ3n) is 4.67. The van der Waals surface area contributed by atoms with Gasteiger partial charge in [-0.05, 0) is 32.0 Å². The van der Waals surface area contributed by atoms with Crippen LogP contribution in [0.5, 0.6) is 0 Å². The second kappa shape index (κ2) is 6.22. The fourth-order valence-corrected chi connectivity index (χ4v) is 4.45. The molecule has 0 N–H and O–H groups in total. The van der Waals surface area contributed by atoms with Crippen LogP contribution < -0.4 is 0 Å². The second-order valence-corrected chi connectivity index (χ2v) is 7.51. The van der Waals surface area contributed by atoms with Crippen molar-refractivity contribution in [2.45, 2.75) is 20.1 Å². The van der Waals surface area contributed by atoms with E-state index >= 15 is 0 Å². The van der Waals surface area contributed by atoms with Gasteiger partial charge in [-0.1, -0.05) is 16.6 Å². The number of ether oxygens (including phenoxy) is 2. The van der Waals surface area contributed by atoms with E-state index in [0.29, 0.717) is 18.9 Å². The molecule has 138 valence electrons. The molecule has 27 heavy (non-hydrogen) atoms. The molecule has 1 aliphatic heterocycles. The predicted octanol–water partition coefficient (Wildman–Crippen LogP) is 2.94. The average molecular weight is 382 g/mol. The number of rotatable bonds is 3. The van der Waals surface area contributed by atoms with Gasteiger partial charge in [0.25, 0.3) is 0 Å². The molecule has 0 spiro atoms. The molecule has 1 fully saturated rings. The topological polar surface area (TPSA) is 79.9 Å². The van der Waals surface area contributed by atoms with E-state index in [4.69, 9.17) is 14.5 Å². The van der Waals surface area contributed by atoms with E-state index in [-0.39, 0.29) is 0 Å². The van der Waals surface area contributed by atoms with E-state index in [2.05, 4.69) is 45.8 Å². The summed E-state index contributed by atoms with van der Waals surface area (Å²) in [5.41, 5.74) is 5.43. The number of fused-ring (bicyclic) bond motifs is 1. The molecule has 1 aliphatic rings. The number of nitrogens with zero attached hydrogens (tertiary/aromatic N) is 6. The van der Waals surface area contributed by atoms with Gasteiger partial charge in [0.05, 0.1) is 29.8 Å². The predicted molar refractivity (Wildman–Crippen MR) is 101 cm³/mol. The van der Waals surface area contributed by atoms with Gasteiger partial charge in [-0.25, -0.2) is 9.67 Å². The van der Waals surface area contributed by atoms with E-state index in [0.717, 1.165) is 38.1 Å². The van der Waals surface area contributed by atoms with Crippen molar-refractivity contribution in [1.29, 1.82) is 0 Å². The summed E-state index contributed by atoms with van der Waals surface area (Å²) in [6, 6.07) is 6.22. The molecule has 4 aromatic rings. The van der Waals surface area contributed by atoms with Gasteiger partial charge in [0.1, 0.15) is 16.9 Å². The van der Waals surface area contributed by atoms with Crippen molar-refractivity contribution in [3.8, 4) is 16.5 Å². The Balaban J connectivity index is 1.61. The van der Waals surface area contributed by atoms with Gasteiger partial charge in [-0.3, -0.25) is 9.55 Å². The Hall–Kier alpha value is -2.62. The van der Waals surface area contributed by atoms with Crippen LogP contribution in [0.3, 0.4) is 0 Å². The zero-order chi connectivity index (χ0) is 18.5. The molecular weight excluding hydrogens is 364 g/mol. The van der Waals surface area contributed by atoms with Crippen LogP contribution in [-0.2, 0) is 16.5 Å². The van der Waals surface area contributed by atoms with E-state index < -0.39 is 6.29 Å². The van der Waals surface area contributed by atoms with Gasteiger partial charge in [0, 0.05) is 18.4 Å². The second-order valence-electron chi connectivity index (χ2n) is 6.51. The number of aromatic nitrogens is 6. The van der Waals surface area contributed by atoms with Gasteiger partial charge >= 0.3 is 0 Å². The van der Waals surface area contributed by atoms with Crippen LogP contribution in [0.25, 0.3) is 26.7 Å². The van der Waals surface area contributed by atoms with E-state index in [1.807, 2.05) is 13.1 Å². The number of hydrogen-bond acceptors (Lipinski definition) is 7. The molecule has 4 aromatic heterocycles. The standard InChI is InChI=1S/C18H18N6O2S/c1-10-4-5-11(2)24(10)18-20-13-9-19-12(8-14(13)27-18)16-15(21-22-23(16)3)17-25-6-7-26-17/h4-5,8-9,17H,6-7H2,1-3H3. The minimum absolute atomic E-state index is 0.492. The van der Waals surface area contributed by atoms with Gasteiger partial charge in [-0.2, -0.15) is 0 Å². The number of thiazole rings is 1. The minimum Gasteiger partial charge on any atom is -0.345 e. The Morgan fingerprint density at radius 1 is 1.15 bits per heavy atom. The first-order chi connectivity index (χ1) is 13.1. The van der Waals surface area contributed by atoms with Gasteiger partial charge in [0.15, 0.2) is 5.13 Å². The third kappa shape index (κ3) is 2.66. The summed E-state index contributed by atoms with van der Waals surface area (Å²) in [6.45, 7) is 5.28. The summed E-state index contributed by atoms with van der Waals surface area (Å²) in [5, 5.41) is 9.31. The molecule has 0 aliphatic carbocycles. The summed E-state index contributed by atoms with van der Waals surface area (Å²) >= 11 is 1.64. The van der Waals surface area contributed by atoms with Crippen LogP contribution in [0.15, 0.2) is 24.4 Å². The Kier molecular flexibility index (Phi) is 3.81. The van der Waals surface area contributed by atoms with Crippen LogP contribution >= 0.6 is 11.3 Å². The molecule has 0 amide bonds. The highest BCUT2D eigenvalue weighted by Gasteiger charge is 2.27. The van der Waals surface area contributed by atoms with Crippen LogP contribution in [0.4, 0.5) is 0 Å². The van der Waals surface area contributed by atoms with Crippen LogP contribution in [-0.4, -0.2) is 42.7 Å². The minimum atomic E-state index is -0.492. The maximum absolute atomic E-state index is 5.60. The highest BCUT2D eigenvalue weighted by atomic mass is 32.1. The van der Waals surface area contributed by atoms with Crippen LogP contribution in [0, 0.1) is 13.8 Å². The lowest BCUT2D eigenvalue weighted by Crippen LogP contribution is -2.03. The quantitative estimate of drug-likeness (QED) is 0.542. The number of aryl methyl sites for hydroxylation is 3. The van der Waals surface area contributed by atoms with Crippen molar-refractivity contribution in [1.82, 2.24) is 29.5 Å². The molecule has 9 heteroatoms. The normalized spacial score (nSPS) is 15.2. The summed E-state index contributed by atoms with van der Waals surface area (Å²) in [6.07, 6.45) is 1.31. The van der Waals surface area contributed by atoms with E-state index in [9.17, 15) is 0 Å². The van der Waals surface area contributed by atoms with E-state index in [1.165, 1.54) is 0 Å². The largest absolute Gasteiger partial charge is 0.345 e. The monoisotopic (exact) mass is 382 g/mol. The van der Waals surface area contributed by atoms with E-state index in [1.54, 1.807) is 22.2 Å². The maximum atomic E-state index is 5.60. The molecule has 0 saturated carbocycles. The first kappa shape index (κ1) is 16.5. The highest BCUT2D eigenvalue weighted by Crippen LogP contribution is 2.33. The lowest BCUT2D eigenvalue weighted by atomic mass is 10.2. The number of hydrogen-bond donors (Lipinski definition) is 0. The summed E-state index contributed by atoms with van der Waals surface area (Å²) in [5.74, 6) is 0. The maximum Gasteiger partial charge on any atom is 0.205 e.